The first kappa shape index (κ1) is 12.6. The Morgan fingerprint density at radius 3 is 2.80 bits per heavy atom. The summed E-state index contributed by atoms with van der Waals surface area (Å²) in [6.45, 7) is 0. The van der Waals surface area contributed by atoms with Crippen molar-refractivity contribution in [3.05, 3.63) is 59.2 Å². The molecule has 100 valence electrons. The van der Waals surface area contributed by atoms with Gasteiger partial charge in [0, 0.05) is 16.1 Å². The van der Waals surface area contributed by atoms with Crippen LogP contribution in [0.1, 0.15) is 10.4 Å². The van der Waals surface area contributed by atoms with E-state index in [1.54, 1.807) is 17.4 Å². The van der Waals surface area contributed by atoms with Gasteiger partial charge >= 0.3 is 0 Å². The number of anilines is 2. The fourth-order valence-corrected chi connectivity index (χ4v) is 2.73. The Kier molecular flexibility index (Phi) is 3.12. The molecule has 0 aliphatic heterocycles. The van der Waals surface area contributed by atoms with Crippen molar-refractivity contribution < 1.29 is 9.18 Å². The zero-order valence-electron chi connectivity index (χ0n) is 10.4. The largest absolute Gasteiger partial charge is 0.399 e. The van der Waals surface area contributed by atoms with E-state index in [-0.39, 0.29) is 5.56 Å². The van der Waals surface area contributed by atoms with Gasteiger partial charge in [-0.15, -0.1) is 11.3 Å². The SMILES string of the molecule is Nc1ccc(C(=O)Nc2ccc3sccc3c2)c(F)c1. The van der Waals surface area contributed by atoms with Crippen LogP contribution in [0.15, 0.2) is 47.8 Å². The summed E-state index contributed by atoms with van der Waals surface area (Å²) < 4.78 is 14.8. The number of carbonyl (C=O) groups excluding carboxylic acids is 1. The minimum absolute atomic E-state index is 0.0235. The Bertz CT molecular complexity index is 797. The Balaban J connectivity index is 1.87. The molecule has 3 N–H and O–H groups in total. The first-order valence-corrected chi connectivity index (χ1v) is 6.85. The molecule has 0 saturated heterocycles. The summed E-state index contributed by atoms with van der Waals surface area (Å²) in [5.41, 5.74) is 6.36. The van der Waals surface area contributed by atoms with Crippen molar-refractivity contribution in [2.24, 2.45) is 0 Å². The molecule has 3 nitrogen and oxygen atoms in total. The van der Waals surface area contributed by atoms with Crippen molar-refractivity contribution in [1.29, 1.82) is 0 Å². The minimum atomic E-state index is -0.626. The first-order valence-electron chi connectivity index (χ1n) is 5.97. The first-order chi connectivity index (χ1) is 9.63. The van der Waals surface area contributed by atoms with Gasteiger partial charge in [0.15, 0.2) is 0 Å². The van der Waals surface area contributed by atoms with E-state index in [4.69, 9.17) is 5.73 Å². The molecule has 3 aromatic rings. The molecule has 0 aliphatic rings. The molecule has 1 aromatic heterocycles. The molecule has 0 fully saturated rings. The maximum Gasteiger partial charge on any atom is 0.258 e. The highest BCUT2D eigenvalue weighted by Crippen LogP contribution is 2.24. The highest BCUT2D eigenvalue weighted by molar-refractivity contribution is 7.17. The molecular formula is C15H11FN2OS. The third-order valence-electron chi connectivity index (χ3n) is 2.95. The highest BCUT2D eigenvalue weighted by atomic mass is 32.1. The van der Waals surface area contributed by atoms with Crippen LogP contribution >= 0.6 is 11.3 Å². The molecule has 20 heavy (non-hydrogen) atoms. The Morgan fingerprint density at radius 1 is 1.15 bits per heavy atom. The van der Waals surface area contributed by atoms with Gasteiger partial charge in [0.1, 0.15) is 5.82 Å². The van der Waals surface area contributed by atoms with Gasteiger partial charge in [0.05, 0.1) is 5.56 Å². The van der Waals surface area contributed by atoms with E-state index in [1.165, 1.54) is 12.1 Å². The number of carbonyl (C=O) groups is 1. The Labute approximate surface area is 118 Å². The summed E-state index contributed by atoms with van der Waals surface area (Å²) in [5, 5.41) is 5.71. The summed E-state index contributed by atoms with van der Waals surface area (Å²) in [5.74, 6) is -1.11. The number of hydrogen-bond donors (Lipinski definition) is 2. The van der Waals surface area contributed by atoms with Gasteiger partial charge in [0.2, 0.25) is 0 Å². The van der Waals surface area contributed by atoms with Crippen LogP contribution in [0.25, 0.3) is 10.1 Å². The van der Waals surface area contributed by atoms with E-state index in [2.05, 4.69) is 5.32 Å². The molecule has 0 saturated carbocycles. The number of nitrogens with one attached hydrogen (secondary N) is 1. The number of nitrogen functional groups attached to an aromatic ring is 1. The lowest BCUT2D eigenvalue weighted by Crippen LogP contribution is -2.13. The van der Waals surface area contributed by atoms with Gasteiger partial charge in [0.25, 0.3) is 5.91 Å². The van der Waals surface area contributed by atoms with Gasteiger partial charge in [-0.2, -0.15) is 0 Å². The zero-order valence-corrected chi connectivity index (χ0v) is 11.2. The lowest BCUT2D eigenvalue weighted by atomic mass is 10.1. The predicted molar refractivity (Wildman–Crippen MR) is 80.6 cm³/mol. The smallest absolute Gasteiger partial charge is 0.258 e. The average molecular weight is 286 g/mol. The van der Waals surface area contributed by atoms with Crippen molar-refractivity contribution in [2.45, 2.75) is 0 Å². The van der Waals surface area contributed by atoms with Crippen molar-refractivity contribution >= 4 is 38.7 Å². The van der Waals surface area contributed by atoms with E-state index in [1.807, 2.05) is 23.6 Å². The van der Waals surface area contributed by atoms with Crippen LogP contribution in [0, 0.1) is 5.82 Å². The Morgan fingerprint density at radius 2 is 2.00 bits per heavy atom. The van der Waals surface area contributed by atoms with Crippen molar-refractivity contribution in [3.63, 3.8) is 0 Å². The van der Waals surface area contributed by atoms with E-state index in [0.717, 1.165) is 16.2 Å². The summed E-state index contributed by atoms with van der Waals surface area (Å²) >= 11 is 1.63. The minimum Gasteiger partial charge on any atom is -0.399 e. The molecular weight excluding hydrogens is 275 g/mol. The van der Waals surface area contributed by atoms with Crippen molar-refractivity contribution in [1.82, 2.24) is 0 Å². The zero-order chi connectivity index (χ0) is 14.1. The van der Waals surface area contributed by atoms with E-state index in [0.29, 0.717) is 11.4 Å². The molecule has 0 unspecified atom stereocenters. The van der Waals surface area contributed by atoms with Crippen LogP contribution in [0.2, 0.25) is 0 Å². The van der Waals surface area contributed by atoms with Gasteiger partial charge < -0.3 is 11.1 Å². The fraction of sp³-hybridized carbons (Fsp3) is 0. The number of halogens is 1. The molecule has 0 aliphatic carbocycles. The summed E-state index contributed by atoms with van der Waals surface area (Å²) in [7, 11) is 0. The standard InChI is InChI=1S/C15H11FN2OS/c16-13-8-10(17)1-3-12(13)15(19)18-11-2-4-14-9(7-11)5-6-20-14/h1-8H,17H2,(H,18,19). The van der Waals surface area contributed by atoms with Crippen LogP contribution < -0.4 is 11.1 Å². The normalized spacial score (nSPS) is 10.7. The van der Waals surface area contributed by atoms with Crippen molar-refractivity contribution in [3.8, 4) is 0 Å². The summed E-state index contributed by atoms with van der Waals surface area (Å²) in [6.07, 6.45) is 0. The molecule has 0 bridgehead atoms. The number of thiophene rings is 1. The molecule has 3 rings (SSSR count). The molecule has 0 atom stereocenters. The summed E-state index contributed by atoms with van der Waals surface area (Å²) in [4.78, 5) is 12.0. The maximum atomic E-state index is 13.7. The average Bonchev–Trinajstić information content (AvgIpc) is 2.85. The van der Waals surface area contributed by atoms with Crippen LogP contribution in [0.5, 0.6) is 0 Å². The number of fused-ring (bicyclic) bond motifs is 1. The summed E-state index contributed by atoms with van der Waals surface area (Å²) in [6, 6.07) is 11.6. The van der Waals surface area contributed by atoms with Gasteiger partial charge in [-0.25, -0.2) is 4.39 Å². The second-order valence-corrected chi connectivity index (χ2v) is 5.31. The molecule has 2 aromatic carbocycles. The van der Waals surface area contributed by atoms with Crippen LogP contribution in [0.4, 0.5) is 15.8 Å². The maximum absolute atomic E-state index is 13.7. The number of nitrogens with two attached hydrogens (primary N) is 1. The number of hydrogen-bond acceptors (Lipinski definition) is 3. The van der Waals surface area contributed by atoms with Crippen molar-refractivity contribution in [2.75, 3.05) is 11.1 Å². The third kappa shape index (κ3) is 2.35. The van der Waals surface area contributed by atoms with E-state index < -0.39 is 11.7 Å². The van der Waals surface area contributed by atoms with Crippen LogP contribution in [-0.2, 0) is 0 Å². The van der Waals surface area contributed by atoms with E-state index >= 15 is 0 Å². The van der Waals surface area contributed by atoms with Gasteiger partial charge in [-0.05, 0) is 53.2 Å². The second kappa shape index (κ2) is 4.94. The van der Waals surface area contributed by atoms with Crippen LogP contribution in [-0.4, -0.2) is 5.91 Å². The monoisotopic (exact) mass is 286 g/mol. The molecule has 5 heteroatoms. The number of benzene rings is 2. The second-order valence-electron chi connectivity index (χ2n) is 4.37. The topological polar surface area (TPSA) is 55.1 Å². The quantitative estimate of drug-likeness (QED) is 0.702. The lowest BCUT2D eigenvalue weighted by Gasteiger charge is -2.07. The lowest BCUT2D eigenvalue weighted by molar-refractivity contribution is 0.102. The fourth-order valence-electron chi connectivity index (χ4n) is 1.96. The number of rotatable bonds is 2. The van der Waals surface area contributed by atoms with E-state index in [9.17, 15) is 9.18 Å². The van der Waals surface area contributed by atoms with Gasteiger partial charge in [-0.1, -0.05) is 0 Å². The van der Waals surface area contributed by atoms with Crippen LogP contribution in [0.3, 0.4) is 0 Å². The molecule has 0 radical (unpaired) electrons. The molecule has 1 heterocycles. The highest BCUT2D eigenvalue weighted by Gasteiger charge is 2.12. The number of amides is 1. The molecule has 0 spiro atoms. The van der Waals surface area contributed by atoms with Gasteiger partial charge in [-0.3, -0.25) is 4.79 Å². The molecule has 1 amide bonds. The predicted octanol–water partition coefficient (Wildman–Crippen LogP) is 3.87. The Hall–Kier alpha value is -2.40. The third-order valence-corrected chi connectivity index (χ3v) is 3.85.